The van der Waals surface area contributed by atoms with Gasteiger partial charge in [-0.25, -0.2) is 0 Å². The number of nitrogens with zero attached hydrogens (tertiary/aromatic N) is 1. The zero-order valence-electron chi connectivity index (χ0n) is 11.1. The summed E-state index contributed by atoms with van der Waals surface area (Å²) in [5.74, 6) is -0.216. The third kappa shape index (κ3) is 2.72. The molecule has 1 heterocycles. The number of hydrogen-bond donors (Lipinski definition) is 2. The second-order valence-corrected chi connectivity index (χ2v) is 5.44. The minimum atomic E-state index is -0.216. The van der Waals surface area contributed by atoms with E-state index < -0.39 is 0 Å². The number of fused-ring (bicyclic) bond motifs is 1. The molecule has 21 heavy (non-hydrogen) atoms. The quantitative estimate of drug-likeness (QED) is 0.789. The van der Waals surface area contributed by atoms with Crippen LogP contribution in [0.5, 0.6) is 0 Å². The number of carbonyl (C=O) groups is 1. The molecule has 3 rings (SSSR count). The minimum Gasteiger partial charge on any atom is -0.360 e. The summed E-state index contributed by atoms with van der Waals surface area (Å²) in [4.78, 5) is 14.2. The van der Waals surface area contributed by atoms with Crippen molar-refractivity contribution in [2.45, 2.75) is 0 Å². The molecule has 6 heteroatoms. The molecule has 0 spiro atoms. The standard InChI is InChI=1S/C15H13N3OS2/c19-13(17-15(21)18-9-8-16-14(18)20)12-7-3-5-10-4-1-2-6-11(10)12/h1-7H,8-9H2,(H,16,20)(H,17,19,21). The Hall–Kier alpha value is -2.05. The maximum Gasteiger partial charge on any atom is 0.258 e. The molecule has 0 aliphatic carbocycles. The van der Waals surface area contributed by atoms with Crippen molar-refractivity contribution in [3.8, 4) is 0 Å². The predicted molar refractivity (Wildman–Crippen MR) is 91.3 cm³/mol. The molecule has 106 valence electrons. The van der Waals surface area contributed by atoms with Crippen molar-refractivity contribution in [3.63, 3.8) is 0 Å². The van der Waals surface area contributed by atoms with E-state index in [0.717, 1.165) is 17.3 Å². The molecule has 0 radical (unpaired) electrons. The molecule has 1 amide bonds. The molecule has 0 unspecified atom stereocenters. The molecule has 0 aromatic heterocycles. The number of benzene rings is 2. The molecular weight excluding hydrogens is 302 g/mol. The van der Waals surface area contributed by atoms with Gasteiger partial charge in [-0.15, -0.1) is 0 Å². The van der Waals surface area contributed by atoms with Crippen molar-refractivity contribution in [2.75, 3.05) is 13.1 Å². The fourth-order valence-corrected chi connectivity index (χ4v) is 2.94. The Bertz CT molecular complexity index is 739. The summed E-state index contributed by atoms with van der Waals surface area (Å²) in [6.45, 7) is 1.41. The summed E-state index contributed by atoms with van der Waals surface area (Å²) in [5.41, 5.74) is 0.605. The highest BCUT2D eigenvalue weighted by atomic mass is 32.1. The van der Waals surface area contributed by atoms with Gasteiger partial charge in [0.25, 0.3) is 5.91 Å². The molecule has 0 saturated carbocycles. The van der Waals surface area contributed by atoms with Crippen LogP contribution in [0.15, 0.2) is 42.5 Å². The lowest BCUT2D eigenvalue weighted by atomic mass is 10.0. The van der Waals surface area contributed by atoms with E-state index in [1.165, 1.54) is 0 Å². The van der Waals surface area contributed by atoms with Crippen LogP contribution in [0.1, 0.15) is 10.4 Å². The summed E-state index contributed by atoms with van der Waals surface area (Å²) < 4.78 is 0. The smallest absolute Gasteiger partial charge is 0.258 e. The van der Waals surface area contributed by atoms with E-state index in [1.54, 1.807) is 11.0 Å². The van der Waals surface area contributed by atoms with E-state index in [1.807, 2.05) is 36.4 Å². The minimum absolute atomic E-state index is 0.216. The first-order valence-corrected chi connectivity index (χ1v) is 7.37. The highest BCUT2D eigenvalue weighted by molar-refractivity contribution is 7.81. The number of hydrogen-bond acceptors (Lipinski definition) is 3. The molecular formula is C15H13N3OS2. The van der Waals surface area contributed by atoms with Gasteiger partial charge in [0.05, 0.1) is 0 Å². The van der Waals surface area contributed by atoms with E-state index in [9.17, 15) is 4.79 Å². The SMILES string of the molecule is O=C(NC(=S)N1CCNC1=S)c1cccc2ccccc12. The fraction of sp³-hybridized carbons (Fsp3) is 0.133. The average Bonchev–Trinajstić information content (AvgIpc) is 2.92. The van der Waals surface area contributed by atoms with Crippen LogP contribution in [-0.4, -0.2) is 34.1 Å². The summed E-state index contributed by atoms with van der Waals surface area (Å²) >= 11 is 10.4. The maximum absolute atomic E-state index is 12.4. The van der Waals surface area contributed by atoms with Gasteiger partial charge in [-0.3, -0.25) is 15.0 Å². The highest BCUT2D eigenvalue weighted by Gasteiger charge is 2.22. The van der Waals surface area contributed by atoms with Crippen LogP contribution in [0.3, 0.4) is 0 Å². The molecule has 1 aliphatic rings. The van der Waals surface area contributed by atoms with Crippen LogP contribution in [0.2, 0.25) is 0 Å². The number of carbonyl (C=O) groups excluding carboxylic acids is 1. The molecule has 0 atom stereocenters. The number of amides is 1. The van der Waals surface area contributed by atoms with Crippen molar-refractivity contribution >= 4 is 51.3 Å². The zero-order valence-corrected chi connectivity index (χ0v) is 12.8. The van der Waals surface area contributed by atoms with E-state index in [4.69, 9.17) is 24.4 Å². The van der Waals surface area contributed by atoms with Crippen LogP contribution in [-0.2, 0) is 0 Å². The third-order valence-electron chi connectivity index (χ3n) is 3.36. The van der Waals surface area contributed by atoms with E-state index in [-0.39, 0.29) is 5.91 Å². The molecule has 1 fully saturated rings. The average molecular weight is 315 g/mol. The van der Waals surface area contributed by atoms with Crippen LogP contribution in [0.25, 0.3) is 10.8 Å². The second kappa shape index (κ2) is 5.75. The van der Waals surface area contributed by atoms with Crippen molar-refractivity contribution in [1.29, 1.82) is 0 Å². The van der Waals surface area contributed by atoms with E-state index in [0.29, 0.717) is 22.3 Å². The van der Waals surface area contributed by atoms with Gasteiger partial charge in [-0.05, 0) is 41.3 Å². The van der Waals surface area contributed by atoms with Gasteiger partial charge in [0.15, 0.2) is 10.2 Å². The lowest BCUT2D eigenvalue weighted by molar-refractivity contribution is 0.0977. The summed E-state index contributed by atoms with van der Waals surface area (Å²) in [5, 5.41) is 8.58. The first kappa shape index (κ1) is 13.9. The summed E-state index contributed by atoms with van der Waals surface area (Å²) in [6.07, 6.45) is 0. The molecule has 2 N–H and O–H groups in total. The Morgan fingerprint density at radius 2 is 1.95 bits per heavy atom. The van der Waals surface area contributed by atoms with Gasteiger partial charge in [0.2, 0.25) is 0 Å². The Morgan fingerprint density at radius 3 is 2.71 bits per heavy atom. The maximum atomic E-state index is 12.4. The van der Waals surface area contributed by atoms with Crippen LogP contribution >= 0.6 is 24.4 Å². The molecule has 1 aliphatic heterocycles. The zero-order chi connectivity index (χ0) is 14.8. The molecule has 2 aromatic carbocycles. The molecule has 0 bridgehead atoms. The van der Waals surface area contributed by atoms with Gasteiger partial charge in [-0.1, -0.05) is 36.4 Å². The Labute approximate surface area is 133 Å². The molecule has 1 saturated heterocycles. The van der Waals surface area contributed by atoms with E-state index >= 15 is 0 Å². The van der Waals surface area contributed by atoms with Crippen LogP contribution < -0.4 is 10.6 Å². The van der Waals surface area contributed by atoms with Crippen molar-refractivity contribution in [2.24, 2.45) is 0 Å². The monoisotopic (exact) mass is 315 g/mol. The van der Waals surface area contributed by atoms with E-state index in [2.05, 4.69) is 10.6 Å². The summed E-state index contributed by atoms with van der Waals surface area (Å²) in [6, 6.07) is 13.4. The Kier molecular flexibility index (Phi) is 3.81. The molecule has 4 nitrogen and oxygen atoms in total. The third-order valence-corrected chi connectivity index (χ3v) is 4.04. The van der Waals surface area contributed by atoms with Crippen LogP contribution in [0.4, 0.5) is 0 Å². The lowest BCUT2D eigenvalue weighted by Gasteiger charge is -2.18. The normalized spacial score (nSPS) is 14.1. The lowest BCUT2D eigenvalue weighted by Crippen LogP contribution is -2.44. The first-order chi connectivity index (χ1) is 10.2. The van der Waals surface area contributed by atoms with Gasteiger partial charge in [0, 0.05) is 18.7 Å². The highest BCUT2D eigenvalue weighted by Crippen LogP contribution is 2.18. The summed E-state index contributed by atoms with van der Waals surface area (Å²) in [7, 11) is 0. The largest absolute Gasteiger partial charge is 0.360 e. The van der Waals surface area contributed by atoms with Gasteiger partial charge in [-0.2, -0.15) is 0 Å². The van der Waals surface area contributed by atoms with Gasteiger partial charge < -0.3 is 5.32 Å². The Morgan fingerprint density at radius 1 is 1.19 bits per heavy atom. The number of rotatable bonds is 1. The number of nitrogens with one attached hydrogen (secondary N) is 2. The fourth-order valence-electron chi connectivity index (χ4n) is 2.32. The Balaban J connectivity index is 1.84. The molecule has 2 aromatic rings. The van der Waals surface area contributed by atoms with Gasteiger partial charge >= 0.3 is 0 Å². The van der Waals surface area contributed by atoms with Gasteiger partial charge in [0.1, 0.15) is 0 Å². The predicted octanol–water partition coefficient (Wildman–Crippen LogP) is 2.04. The van der Waals surface area contributed by atoms with Crippen molar-refractivity contribution < 1.29 is 4.79 Å². The second-order valence-electron chi connectivity index (χ2n) is 4.67. The van der Waals surface area contributed by atoms with Crippen LogP contribution in [0, 0.1) is 0 Å². The first-order valence-electron chi connectivity index (χ1n) is 6.55. The number of thiocarbonyl (C=S) groups is 2. The van der Waals surface area contributed by atoms with Crippen molar-refractivity contribution in [3.05, 3.63) is 48.0 Å². The van der Waals surface area contributed by atoms with Crippen molar-refractivity contribution in [1.82, 2.24) is 15.5 Å². The topological polar surface area (TPSA) is 44.4 Å².